The molecule has 0 spiro atoms. The molecule has 0 saturated heterocycles. The minimum atomic E-state index is -4.54. The van der Waals surface area contributed by atoms with Gasteiger partial charge in [0, 0.05) is 11.3 Å². The Balaban J connectivity index is 1.63. The fourth-order valence-corrected chi connectivity index (χ4v) is 5.24. The number of sulfonamides is 1. The molecule has 1 aromatic carbocycles. The first-order valence-electron chi connectivity index (χ1n) is 9.56. The van der Waals surface area contributed by atoms with E-state index in [4.69, 9.17) is 5.11 Å². The molecule has 1 aromatic heterocycles. The lowest BCUT2D eigenvalue weighted by molar-refractivity contribution is -0.139. The fraction of sp³-hybridized carbons (Fsp3) is 0.474. The van der Waals surface area contributed by atoms with Crippen LogP contribution in [0.1, 0.15) is 60.0 Å². The van der Waals surface area contributed by atoms with Crippen LogP contribution in [0.25, 0.3) is 0 Å². The molecule has 1 fully saturated rings. The Bertz CT molecular complexity index is 1090. The molecule has 2 aliphatic carbocycles. The van der Waals surface area contributed by atoms with Gasteiger partial charge in [-0.15, -0.1) is 0 Å². The number of carboxylic acid groups (broad SMARTS) is 1. The predicted molar refractivity (Wildman–Crippen MR) is 99.3 cm³/mol. The lowest BCUT2D eigenvalue weighted by atomic mass is 9.94. The van der Waals surface area contributed by atoms with Crippen LogP contribution in [0.4, 0.5) is 13.2 Å². The van der Waals surface area contributed by atoms with E-state index >= 15 is 0 Å². The SMILES string of the molecule is O=C(O)Cn1ncc2c1CCC[C@H]2NS(=O)(=O)c1ccc(C(F)(F)F)c(C2CC2)c1. The number of halogens is 3. The first kappa shape index (κ1) is 20.9. The van der Waals surface area contributed by atoms with Crippen molar-refractivity contribution in [2.24, 2.45) is 0 Å². The van der Waals surface area contributed by atoms with Gasteiger partial charge < -0.3 is 5.11 Å². The van der Waals surface area contributed by atoms with Crippen LogP contribution in [-0.4, -0.2) is 29.3 Å². The minimum Gasteiger partial charge on any atom is -0.480 e. The van der Waals surface area contributed by atoms with Crippen molar-refractivity contribution in [1.82, 2.24) is 14.5 Å². The Morgan fingerprint density at radius 2 is 1.97 bits per heavy atom. The standard InChI is InChI=1S/C19H20F3N3O4S/c20-19(21,22)15-7-6-12(8-13(15)11-4-5-11)30(28,29)24-16-2-1-3-17-14(16)9-23-25(17)10-18(26)27/h6-9,11,16,24H,1-5,10H2,(H,26,27)/t16-/m1/s1. The quantitative estimate of drug-likeness (QED) is 0.714. The van der Waals surface area contributed by atoms with E-state index in [1.807, 2.05) is 0 Å². The molecule has 7 nitrogen and oxygen atoms in total. The van der Waals surface area contributed by atoms with E-state index in [1.54, 1.807) is 0 Å². The van der Waals surface area contributed by atoms with Gasteiger partial charge in [-0.1, -0.05) is 0 Å². The van der Waals surface area contributed by atoms with Crippen LogP contribution in [-0.2, 0) is 34.0 Å². The third-order valence-corrected chi connectivity index (χ3v) is 6.97. The van der Waals surface area contributed by atoms with Crippen LogP contribution in [0.2, 0.25) is 0 Å². The fourth-order valence-electron chi connectivity index (χ4n) is 3.96. The Morgan fingerprint density at radius 3 is 2.60 bits per heavy atom. The molecular formula is C19H20F3N3O4S. The zero-order valence-electron chi connectivity index (χ0n) is 15.8. The van der Waals surface area contributed by atoms with Gasteiger partial charge in [0.25, 0.3) is 0 Å². The largest absolute Gasteiger partial charge is 0.480 e. The molecule has 0 bridgehead atoms. The van der Waals surface area contributed by atoms with Crippen molar-refractivity contribution in [3.8, 4) is 0 Å². The highest BCUT2D eigenvalue weighted by Crippen LogP contribution is 2.46. The number of nitrogens with one attached hydrogen (secondary N) is 1. The van der Waals surface area contributed by atoms with Crippen LogP contribution in [0.15, 0.2) is 29.3 Å². The number of carboxylic acids is 1. The molecule has 11 heteroatoms. The second-order valence-electron chi connectivity index (χ2n) is 7.69. The lowest BCUT2D eigenvalue weighted by Crippen LogP contribution is -2.31. The first-order valence-corrected chi connectivity index (χ1v) is 11.0. The van der Waals surface area contributed by atoms with Gasteiger partial charge in [0.05, 0.1) is 22.7 Å². The molecule has 1 saturated carbocycles. The van der Waals surface area contributed by atoms with Crippen LogP contribution >= 0.6 is 0 Å². The molecule has 0 aliphatic heterocycles. The van der Waals surface area contributed by atoms with Gasteiger partial charge in [-0.3, -0.25) is 9.48 Å². The summed E-state index contributed by atoms with van der Waals surface area (Å²) in [6.45, 7) is -0.321. The number of aromatic nitrogens is 2. The van der Waals surface area contributed by atoms with E-state index in [2.05, 4.69) is 9.82 Å². The van der Waals surface area contributed by atoms with E-state index < -0.39 is 33.8 Å². The van der Waals surface area contributed by atoms with Crippen molar-refractivity contribution in [3.05, 3.63) is 46.8 Å². The lowest BCUT2D eigenvalue weighted by Gasteiger charge is -2.24. The summed E-state index contributed by atoms with van der Waals surface area (Å²) in [5.41, 5.74) is 0.477. The summed E-state index contributed by atoms with van der Waals surface area (Å²) in [5, 5.41) is 13.0. The average Bonchev–Trinajstić information content (AvgIpc) is 3.42. The second kappa shape index (κ2) is 7.38. The highest BCUT2D eigenvalue weighted by molar-refractivity contribution is 7.89. The van der Waals surface area contributed by atoms with Gasteiger partial charge in [-0.25, -0.2) is 13.1 Å². The van der Waals surface area contributed by atoms with E-state index in [0.29, 0.717) is 43.4 Å². The smallest absolute Gasteiger partial charge is 0.416 e. The summed E-state index contributed by atoms with van der Waals surface area (Å²) in [4.78, 5) is 10.8. The van der Waals surface area contributed by atoms with Crippen LogP contribution in [0.5, 0.6) is 0 Å². The zero-order valence-corrected chi connectivity index (χ0v) is 16.6. The number of alkyl halides is 3. The molecule has 0 unspecified atom stereocenters. The van der Waals surface area contributed by atoms with Crippen molar-refractivity contribution in [2.45, 2.75) is 61.7 Å². The van der Waals surface area contributed by atoms with Gasteiger partial charge in [0.2, 0.25) is 10.0 Å². The number of hydrogen-bond donors (Lipinski definition) is 2. The van der Waals surface area contributed by atoms with Crippen molar-refractivity contribution < 1.29 is 31.5 Å². The Hall–Kier alpha value is -2.40. The maximum absolute atomic E-state index is 13.3. The Morgan fingerprint density at radius 1 is 1.23 bits per heavy atom. The predicted octanol–water partition coefficient (Wildman–Crippen LogP) is 3.22. The van der Waals surface area contributed by atoms with Gasteiger partial charge >= 0.3 is 12.1 Å². The molecule has 2 aliphatic rings. The summed E-state index contributed by atoms with van der Waals surface area (Å²) in [5.74, 6) is -1.33. The van der Waals surface area contributed by atoms with E-state index in [0.717, 1.165) is 18.2 Å². The van der Waals surface area contributed by atoms with Gasteiger partial charge in [-0.05, 0) is 61.8 Å². The molecular weight excluding hydrogens is 423 g/mol. The molecule has 4 rings (SSSR count). The third kappa shape index (κ3) is 4.08. The average molecular weight is 443 g/mol. The summed E-state index contributed by atoms with van der Waals surface area (Å²) in [7, 11) is -4.08. The molecule has 1 atom stereocenters. The van der Waals surface area contributed by atoms with Gasteiger partial charge in [0.15, 0.2) is 0 Å². The maximum Gasteiger partial charge on any atom is 0.416 e. The summed E-state index contributed by atoms with van der Waals surface area (Å²) >= 11 is 0. The van der Waals surface area contributed by atoms with Crippen molar-refractivity contribution in [2.75, 3.05) is 0 Å². The van der Waals surface area contributed by atoms with Gasteiger partial charge in [0.1, 0.15) is 6.54 Å². The number of aliphatic carboxylic acids is 1. The first-order chi connectivity index (χ1) is 14.1. The van der Waals surface area contributed by atoms with Crippen molar-refractivity contribution in [3.63, 3.8) is 0 Å². The molecule has 0 amide bonds. The van der Waals surface area contributed by atoms with E-state index in [-0.39, 0.29) is 22.9 Å². The molecule has 2 aromatic rings. The monoisotopic (exact) mass is 443 g/mol. The highest BCUT2D eigenvalue weighted by atomic mass is 32.2. The summed E-state index contributed by atoms with van der Waals surface area (Å²) in [6, 6.07) is 2.32. The molecule has 1 heterocycles. The Labute approximate surface area is 170 Å². The summed E-state index contributed by atoms with van der Waals surface area (Å²) in [6.07, 6.45) is -0.180. The molecule has 2 N–H and O–H groups in total. The highest BCUT2D eigenvalue weighted by Gasteiger charge is 2.39. The van der Waals surface area contributed by atoms with Gasteiger partial charge in [-0.2, -0.15) is 18.3 Å². The summed E-state index contributed by atoms with van der Waals surface area (Å²) < 4.78 is 69.6. The molecule has 162 valence electrons. The van der Waals surface area contributed by atoms with E-state index in [9.17, 15) is 26.4 Å². The van der Waals surface area contributed by atoms with E-state index in [1.165, 1.54) is 10.9 Å². The van der Waals surface area contributed by atoms with Crippen molar-refractivity contribution in [1.29, 1.82) is 0 Å². The maximum atomic E-state index is 13.3. The third-order valence-electron chi connectivity index (χ3n) is 5.50. The number of fused-ring (bicyclic) bond motifs is 1. The second-order valence-corrected chi connectivity index (χ2v) is 9.40. The molecule has 0 radical (unpaired) electrons. The van der Waals surface area contributed by atoms with Crippen LogP contribution in [0, 0.1) is 0 Å². The number of benzene rings is 1. The van der Waals surface area contributed by atoms with Crippen LogP contribution in [0.3, 0.4) is 0 Å². The van der Waals surface area contributed by atoms with Crippen molar-refractivity contribution >= 4 is 16.0 Å². The van der Waals surface area contributed by atoms with Crippen LogP contribution < -0.4 is 4.72 Å². The topological polar surface area (TPSA) is 101 Å². The molecule has 30 heavy (non-hydrogen) atoms. The number of nitrogens with zero attached hydrogens (tertiary/aromatic N) is 2. The Kier molecular flexibility index (Phi) is 5.13. The number of rotatable bonds is 6. The number of carbonyl (C=O) groups is 1. The number of hydrogen-bond acceptors (Lipinski definition) is 4. The normalized spacial score (nSPS) is 19.5. The zero-order chi connectivity index (χ0) is 21.7. The minimum absolute atomic E-state index is 0.0176.